The summed E-state index contributed by atoms with van der Waals surface area (Å²) in [4.78, 5) is 0. The molecule has 1 saturated carbocycles. The molecule has 1 aromatic rings. The lowest BCUT2D eigenvalue weighted by Gasteiger charge is -2.33. The zero-order valence-corrected chi connectivity index (χ0v) is 17.4. The van der Waals surface area contributed by atoms with Crippen molar-refractivity contribution in [1.29, 1.82) is 0 Å². The van der Waals surface area contributed by atoms with E-state index in [0.29, 0.717) is 31.6 Å². The van der Waals surface area contributed by atoms with E-state index in [4.69, 9.17) is 4.74 Å². The largest absolute Gasteiger partial charge is 0.432 e. The van der Waals surface area contributed by atoms with Crippen LogP contribution in [0.3, 0.4) is 0 Å². The third-order valence-corrected chi connectivity index (χ3v) is 5.90. The summed E-state index contributed by atoms with van der Waals surface area (Å²) in [6, 6.07) is 2.94. The molecule has 0 aliphatic heterocycles. The molecule has 0 bridgehead atoms. The summed E-state index contributed by atoms with van der Waals surface area (Å²) in [7, 11) is 1.29. The van der Waals surface area contributed by atoms with Crippen molar-refractivity contribution in [3.8, 4) is 5.75 Å². The Morgan fingerprint density at radius 1 is 1.07 bits per heavy atom. The average Bonchev–Trinajstić information content (AvgIpc) is 2.66. The number of methoxy groups -OCH3 is 1. The standard InChI is InChI=1S/C22H30F6O2/c1-3-4-15-5-8-17(9-6-15)22(27,28)30-19-10-7-16(20(23)14-19)13-18(11-12-29-2)21(24,25)26/h7,10,14-15,17-18H,3-6,8-9,11-13H2,1-2H3. The van der Waals surface area contributed by atoms with Crippen LogP contribution in [0.5, 0.6) is 5.75 Å². The minimum absolute atomic E-state index is 0.111. The summed E-state index contributed by atoms with van der Waals surface area (Å²) in [5.74, 6) is -3.63. The highest BCUT2D eigenvalue weighted by molar-refractivity contribution is 5.29. The summed E-state index contributed by atoms with van der Waals surface area (Å²) >= 11 is 0. The summed E-state index contributed by atoms with van der Waals surface area (Å²) < 4.78 is 92.3. The topological polar surface area (TPSA) is 18.5 Å². The van der Waals surface area contributed by atoms with Crippen LogP contribution in [0.25, 0.3) is 0 Å². The third kappa shape index (κ3) is 7.06. The van der Waals surface area contributed by atoms with Gasteiger partial charge in [-0.05, 0) is 56.1 Å². The molecule has 0 radical (unpaired) electrons. The predicted octanol–water partition coefficient (Wildman–Crippen LogP) is 7.16. The monoisotopic (exact) mass is 440 g/mol. The van der Waals surface area contributed by atoms with E-state index in [1.54, 1.807) is 0 Å². The van der Waals surface area contributed by atoms with Crippen LogP contribution in [-0.4, -0.2) is 26.0 Å². The second-order valence-corrected chi connectivity index (χ2v) is 8.15. The molecule has 1 fully saturated rings. The van der Waals surface area contributed by atoms with E-state index >= 15 is 0 Å². The van der Waals surface area contributed by atoms with Crippen molar-refractivity contribution < 1.29 is 35.8 Å². The Morgan fingerprint density at radius 2 is 1.73 bits per heavy atom. The number of hydrogen-bond donors (Lipinski definition) is 0. The summed E-state index contributed by atoms with van der Waals surface area (Å²) in [5, 5.41) is 0. The lowest BCUT2D eigenvalue weighted by molar-refractivity contribution is -0.223. The first-order valence-corrected chi connectivity index (χ1v) is 10.5. The molecule has 0 heterocycles. The van der Waals surface area contributed by atoms with E-state index in [-0.39, 0.29) is 24.3 Å². The van der Waals surface area contributed by atoms with Gasteiger partial charge in [0.2, 0.25) is 0 Å². The van der Waals surface area contributed by atoms with Crippen LogP contribution in [-0.2, 0) is 11.2 Å². The van der Waals surface area contributed by atoms with Crippen molar-refractivity contribution in [3.63, 3.8) is 0 Å². The van der Waals surface area contributed by atoms with E-state index in [2.05, 4.69) is 11.7 Å². The van der Waals surface area contributed by atoms with Gasteiger partial charge in [0.25, 0.3) is 0 Å². The van der Waals surface area contributed by atoms with E-state index in [1.165, 1.54) is 7.11 Å². The number of rotatable bonds is 10. The number of halogens is 6. The lowest BCUT2D eigenvalue weighted by atomic mass is 9.79. The zero-order valence-electron chi connectivity index (χ0n) is 17.4. The smallest absolute Gasteiger partial charge is 0.400 e. The summed E-state index contributed by atoms with van der Waals surface area (Å²) in [6.45, 7) is 1.95. The summed E-state index contributed by atoms with van der Waals surface area (Å²) in [6.07, 6.45) is -4.70. The molecule has 0 spiro atoms. The highest BCUT2D eigenvalue weighted by Gasteiger charge is 2.44. The average molecular weight is 440 g/mol. The quantitative estimate of drug-likeness (QED) is 0.359. The number of ether oxygens (including phenoxy) is 2. The van der Waals surface area contributed by atoms with Gasteiger partial charge in [0, 0.05) is 19.8 Å². The van der Waals surface area contributed by atoms with E-state index in [1.807, 2.05) is 0 Å². The van der Waals surface area contributed by atoms with Crippen LogP contribution >= 0.6 is 0 Å². The molecule has 1 aliphatic carbocycles. The molecule has 0 saturated heterocycles. The molecule has 30 heavy (non-hydrogen) atoms. The van der Waals surface area contributed by atoms with Gasteiger partial charge in [-0.3, -0.25) is 0 Å². The Kier molecular flexibility index (Phi) is 8.88. The first kappa shape index (κ1) is 24.8. The highest BCUT2D eigenvalue weighted by Crippen LogP contribution is 2.41. The van der Waals surface area contributed by atoms with Crippen molar-refractivity contribution in [2.24, 2.45) is 17.8 Å². The lowest BCUT2D eigenvalue weighted by Crippen LogP contribution is -2.37. The van der Waals surface area contributed by atoms with E-state index in [9.17, 15) is 26.3 Å². The van der Waals surface area contributed by atoms with Crippen LogP contribution in [0.4, 0.5) is 26.3 Å². The molecular formula is C22H30F6O2. The molecule has 1 unspecified atom stereocenters. The molecule has 2 nitrogen and oxygen atoms in total. The second-order valence-electron chi connectivity index (χ2n) is 8.15. The molecule has 8 heteroatoms. The van der Waals surface area contributed by atoms with Crippen molar-refractivity contribution in [2.45, 2.75) is 70.6 Å². The van der Waals surface area contributed by atoms with Gasteiger partial charge in [0.15, 0.2) is 0 Å². The fourth-order valence-electron chi connectivity index (χ4n) is 4.10. The van der Waals surface area contributed by atoms with E-state index in [0.717, 1.165) is 31.0 Å². The van der Waals surface area contributed by atoms with Gasteiger partial charge in [-0.15, -0.1) is 0 Å². The van der Waals surface area contributed by atoms with Gasteiger partial charge in [0.1, 0.15) is 11.6 Å². The van der Waals surface area contributed by atoms with Crippen LogP contribution < -0.4 is 4.74 Å². The number of hydrogen-bond acceptors (Lipinski definition) is 2. The molecule has 1 aliphatic rings. The molecule has 172 valence electrons. The second kappa shape index (κ2) is 10.7. The Hall–Kier alpha value is -1.44. The maximum Gasteiger partial charge on any atom is 0.400 e. The van der Waals surface area contributed by atoms with Crippen LogP contribution in [0.1, 0.15) is 57.4 Å². The molecule has 0 N–H and O–H groups in total. The molecule has 1 atom stereocenters. The fraction of sp³-hybridized carbons (Fsp3) is 0.727. The highest BCUT2D eigenvalue weighted by atomic mass is 19.4. The maximum absolute atomic E-state index is 14.5. The maximum atomic E-state index is 14.5. The summed E-state index contributed by atoms with van der Waals surface area (Å²) in [5.41, 5.74) is -0.191. The van der Waals surface area contributed by atoms with Gasteiger partial charge < -0.3 is 9.47 Å². The molecular weight excluding hydrogens is 410 g/mol. The van der Waals surface area contributed by atoms with Crippen LogP contribution in [0.2, 0.25) is 0 Å². The van der Waals surface area contributed by atoms with Crippen molar-refractivity contribution in [1.82, 2.24) is 0 Å². The minimum atomic E-state index is -4.51. The SMILES string of the molecule is CCCC1CCC(C(F)(F)Oc2ccc(CC(CCOC)C(F)(F)F)c(F)c2)CC1. The Morgan fingerprint density at radius 3 is 2.27 bits per heavy atom. The first-order valence-electron chi connectivity index (χ1n) is 10.5. The first-order chi connectivity index (χ1) is 14.1. The van der Waals surface area contributed by atoms with Crippen molar-refractivity contribution in [2.75, 3.05) is 13.7 Å². The Balaban J connectivity index is 2.02. The van der Waals surface area contributed by atoms with Crippen LogP contribution in [0.15, 0.2) is 18.2 Å². The Bertz CT molecular complexity index is 654. The number of alkyl halides is 5. The number of benzene rings is 1. The van der Waals surface area contributed by atoms with Gasteiger partial charge >= 0.3 is 12.3 Å². The van der Waals surface area contributed by atoms with Crippen LogP contribution in [0, 0.1) is 23.6 Å². The molecule has 0 amide bonds. The third-order valence-electron chi connectivity index (χ3n) is 5.90. The van der Waals surface area contributed by atoms with Gasteiger partial charge in [-0.2, -0.15) is 22.0 Å². The minimum Gasteiger partial charge on any atom is -0.432 e. The van der Waals surface area contributed by atoms with E-state index < -0.39 is 36.4 Å². The molecule has 1 aromatic carbocycles. The normalized spacial score (nSPS) is 21.5. The van der Waals surface area contributed by atoms with Crippen molar-refractivity contribution >= 4 is 0 Å². The van der Waals surface area contributed by atoms with Gasteiger partial charge in [0.05, 0.1) is 11.8 Å². The Labute approximate surface area is 173 Å². The predicted molar refractivity (Wildman–Crippen MR) is 102 cm³/mol. The zero-order chi connectivity index (χ0) is 22.4. The van der Waals surface area contributed by atoms with Gasteiger partial charge in [-0.1, -0.05) is 25.8 Å². The molecule has 0 aromatic heterocycles. The van der Waals surface area contributed by atoms with Gasteiger partial charge in [-0.25, -0.2) is 4.39 Å². The van der Waals surface area contributed by atoms with Crippen molar-refractivity contribution in [3.05, 3.63) is 29.6 Å². The fourth-order valence-corrected chi connectivity index (χ4v) is 4.10. The molecule has 2 rings (SSSR count).